The molecular weight excluding hydrogens is 382 g/mol. The SMILES string of the molecule is O=C(N[C@@H](CCO)C(=O)[O-])c1cccn1-c1c(Cl)cccc1Cl.[K+]. The van der Waals surface area contributed by atoms with Crippen molar-refractivity contribution in [3.05, 3.63) is 52.3 Å². The Kier molecular flexibility index (Phi) is 8.96. The van der Waals surface area contributed by atoms with E-state index in [0.29, 0.717) is 15.7 Å². The third-order valence-corrected chi connectivity index (χ3v) is 3.78. The number of carbonyl (C=O) groups is 2. The van der Waals surface area contributed by atoms with E-state index in [1.54, 1.807) is 30.5 Å². The Morgan fingerprint density at radius 1 is 1.21 bits per heavy atom. The molecule has 1 atom stereocenters. The summed E-state index contributed by atoms with van der Waals surface area (Å²) in [7, 11) is 0. The van der Waals surface area contributed by atoms with Crippen LogP contribution in [0.3, 0.4) is 0 Å². The van der Waals surface area contributed by atoms with Gasteiger partial charge in [0.25, 0.3) is 5.91 Å². The van der Waals surface area contributed by atoms with Gasteiger partial charge in [-0.1, -0.05) is 29.3 Å². The number of hydrogen-bond donors (Lipinski definition) is 2. The molecule has 24 heavy (non-hydrogen) atoms. The standard InChI is InChI=1S/C15H14Cl2N2O4.K/c16-9-3-1-4-10(17)13(9)19-7-2-5-12(19)14(21)18-11(6-8-20)15(22)23;/h1-5,7,11,20H,6,8H2,(H,18,21)(H,22,23);/q;+1/p-1/t11-;/m0./s1. The van der Waals surface area contributed by atoms with Gasteiger partial charge in [0, 0.05) is 12.8 Å². The van der Waals surface area contributed by atoms with Crippen LogP contribution in [-0.2, 0) is 4.79 Å². The normalized spacial score (nSPS) is 11.5. The fourth-order valence-corrected chi connectivity index (χ4v) is 2.67. The molecule has 1 aromatic heterocycles. The molecule has 122 valence electrons. The number of nitrogens with one attached hydrogen (secondary N) is 1. The molecule has 1 amide bonds. The van der Waals surface area contributed by atoms with Crippen molar-refractivity contribution >= 4 is 35.1 Å². The van der Waals surface area contributed by atoms with Crippen LogP contribution in [0.1, 0.15) is 16.9 Å². The van der Waals surface area contributed by atoms with E-state index in [0.717, 1.165) is 0 Å². The number of halogens is 2. The molecule has 2 aromatic rings. The number of aliphatic hydroxyl groups is 1. The van der Waals surface area contributed by atoms with E-state index >= 15 is 0 Å². The van der Waals surface area contributed by atoms with Gasteiger partial charge in [-0.05, 0) is 30.7 Å². The Morgan fingerprint density at radius 3 is 2.38 bits per heavy atom. The summed E-state index contributed by atoms with van der Waals surface area (Å²) in [6.07, 6.45) is 1.43. The first kappa shape index (κ1) is 21.7. The number of aliphatic hydroxyl groups excluding tert-OH is 1. The number of hydrogen-bond acceptors (Lipinski definition) is 4. The maximum atomic E-state index is 12.3. The molecular formula is C15H13Cl2KN2O4. The summed E-state index contributed by atoms with van der Waals surface area (Å²) >= 11 is 12.3. The second-order valence-electron chi connectivity index (χ2n) is 4.69. The summed E-state index contributed by atoms with van der Waals surface area (Å²) in [5.74, 6) is -2.12. The topological polar surface area (TPSA) is 94.4 Å². The molecule has 0 bridgehead atoms. The Labute approximate surface area is 191 Å². The molecule has 0 aliphatic heterocycles. The molecule has 0 unspecified atom stereocenters. The smallest absolute Gasteiger partial charge is 0.548 e. The minimum atomic E-state index is -1.47. The third-order valence-electron chi connectivity index (χ3n) is 3.17. The van der Waals surface area contributed by atoms with Crippen molar-refractivity contribution in [3.63, 3.8) is 0 Å². The van der Waals surface area contributed by atoms with Crippen LogP contribution >= 0.6 is 23.2 Å². The quantitative estimate of drug-likeness (QED) is 0.555. The average Bonchev–Trinajstić information content (AvgIpc) is 2.95. The summed E-state index contributed by atoms with van der Waals surface area (Å²) < 4.78 is 1.46. The number of aromatic nitrogens is 1. The molecule has 0 fully saturated rings. The van der Waals surface area contributed by atoms with E-state index in [1.807, 2.05) is 0 Å². The predicted molar refractivity (Wildman–Crippen MR) is 83.8 cm³/mol. The van der Waals surface area contributed by atoms with Gasteiger partial charge >= 0.3 is 51.4 Å². The molecule has 0 aliphatic carbocycles. The molecule has 1 heterocycles. The van der Waals surface area contributed by atoms with Crippen molar-refractivity contribution in [2.45, 2.75) is 12.5 Å². The van der Waals surface area contributed by atoms with E-state index in [2.05, 4.69) is 5.32 Å². The maximum Gasteiger partial charge on any atom is 1.00 e. The van der Waals surface area contributed by atoms with Gasteiger partial charge in [-0.15, -0.1) is 0 Å². The van der Waals surface area contributed by atoms with Crippen molar-refractivity contribution in [2.75, 3.05) is 6.61 Å². The first-order chi connectivity index (χ1) is 11.0. The number of carboxylic acids is 1. The Hall–Kier alpha value is -0.384. The number of nitrogens with zero attached hydrogens (tertiary/aromatic N) is 1. The molecule has 0 saturated heterocycles. The number of carbonyl (C=O) groups excluding carboxylic acids is 2. The summed E-state index contributed by atoms with van der Waals surface area (Å²) in [5.41, 5.74) is 0.572. The van der Waals surface area contributed by atoms with Crippen molar-refractivity contribution < 1.29 is 71.2 Å². The van der Waals surface area contributed by atoms with Gasteiger partial charge in [-0.25, -0.2) is 0 Å². The van der Waals surface area contributed by atoms with Crippen LogP contribution in [0.4, 0.5) is 0 Å². The molecule has 0 spiro atoms. The van der Waals surface area contributed by atoms with Crippen molar-refractivity contribution in [2.24, 2.45) is 0 Å². The van der Waals surface area contributed by atoms with E-state index in [1.165, 1.54) is 10.6 Å². The fourth-order valence-electron chi connectivity index (χ4n) is 2.09. The zero-order valence-corrected chi connectivity index (χ0v) is 17.5. The van der Waals surface area contributed by atoms with Crippen LogP contribution < -0.4 is 61.8 Å². The van der Waals surface area contributed by atoms with Crippen molar-refractivity contribution in [1.29, 1.82) is 0 Å². The maximum absolute atomic E-state index is 12.3. The zero-order chi connectivity index (χ0) is 17.0. The van der Waals surface area contributed by atoms with Crippen molar-refractivity contribution in [3.8, 4) is 5.69 Å². The fraction of sp³-hybridized carbons (Fsp3) is 0.200. The van der Waals surface area contributed by atoms with Crippen LogP contribution in [0, 0.1) is 0 Å². The number of aliphatic carboxylic acids is 1. The minimum Gasteiger partial charge on any atom is -0.548 e. The molecule has 6 nitrogen and oxygen atoms in total. The van der Waals surface area contributed by atoms with Gasteiger partial charge < -0.3 is 24.9 Å². The molecule has 0 saturated carbocycles. The van der Waals surface area contributed by atoms with Gasteiger partial charge in [0.15, 0.2) is 0 Å². The Morgan fingerprint density at radius 2 is 1.83 bits per heavy atom. The summed E-state index contributed by atoms with van der Waals surface area (Å²) in [5, 5.41) is 22.8. The first-order valence-electron chi connectivity index (χ1n) is 6.70. The minimum absolute atomic E-state index is 0. The number of amides is 1. The first-order valence-corrected chi connectivity index (χ1v) is 7.45. The summed E-state index contributed by atoms with van der Waals surface area (Å²) in [6, 6.07) is 6.73. The van der Waals surface area contributed by atoms with Gasteiger partial charge in [-0.2, -0.15) is 0 Å². The molecule has 2 N–H and O–H groups in total. The van der Waals surface area contributed by atoms with Crippen LogP contribution in [0.15, 0.2) is 36.5 Å². The zero-order valence-electron chi connectivity index (χ0n) is 12.8. The van der Waals surface area contributed by atoms with Gasteiger partial charge in [-0.3, -0.25) is 4.79 Å². The Balaban J connectivity index is 0.00000288. The number of rotatable bonds is 6. The summed E-state index contributed by atoms with van der Waals surface area (Å²) in [4.78, 5) is 23.3. The third kappa shape index (κ3) is 5.06. The second-order valence-corrected chi connectivity index (χ2v) is 5.51. The summed E-state index contributed by atoms with van der Waals surface area (Å²) in [6.45, 7) is -0.393. The van der Waals surface area contributed by atoms with Gasteiger partial charge in [0.1, 0.15) is 5.69 Å². The van der Waals surface area contributed by atoms with Gasteiger partial charge in [0.05, 0.1) is 27.7 Å². The molecule has 1 aromatic carbocycles. The van der Waals surface area contributed by atoms with Gasteiger partial charge in [0.2, 0.25) is 0 Å². The number of para-hydroxylation sites is 1. The van der Waals surface area contributed by atoms with Crippen LogP contribution in [0.25, 0.3) is 5.69 Å². The molecule has 0 aliphatic rings. The van der Waals surface area contributed by atoms with Crippen LogP contribution in [-0.4, -0.2) is 34.2 Å². The van der Waals surface area contributed by atoms with E-state index in [-0.39, 0.29) is 63.5 Å². The van der Waals surface area contributed by atoms with E-state index in [9.17, 15) is 14.7 Å². The van der Waals surface area contributed by atoms with Crippen LogP contribution in [0.5, 0.6) is 0 Å². The number of carboxylic acid groups (broad SMARTS) is 1. The van der Waals surface area contributed by atoms with Crippen molar-refractivity contribution in [1.82, 2.24) is 9.88 Å². The Bertz CT molecular complexity index is 716. The predicted octanol–water partition coefficient (Wildman–Crippen LogP) is -1.98. The second kappa shape index (κ2) is 9.93. The van der Waals surface area contributed by atoms with E-state index < -0.39 is 24.5 Å². The van der Waals surface area contributed by atoms with Crippen LogP contribution in [0.2, 0.25) is 10.0 Å². The molecule has 0 radical (unpaired) electrons. The number of benzene rings is 1. The largest absolute Gasteiger partial charge is 1.00 e. The van der Waals surface area contributed by atoms with E-state index in [4.69, 9.17) is 28.3 Å². The molecule has 9 heteroatoms. The average molecular weight is 395 g/mol. The monoisotopic (exact) mass is 394 g/mol. The molecule has 2 rings (SSSR count).